The maximum atomic E-state index is 5.74. The van der Waals surface area contributed by atoms with Crippen LogP contribution in [0.2, 0.25) is 0 Å². The molecular formula is C10H14BN. The minimum Gasteiger partial charge on any atom is -0.330 e. The summed E-state index contributed by atoms with van der Waals surface area (Å²) in [5.41, 5.74) is 8.85. The summed E-state index contributed by atoms with van der Waals surface area (Å²) in [6, 6.07) is 8.78. The SMILES string of the molecule is Bc1ccc(C2(CN)CC2)cc1. The molecule has 2 heteroatoms. The van der Waals surface area contributed by atoms with Crippen LogP contribution >= 0.6 is 0 Å². The van der Waals surface area contributed by atoms with E-state index in [4.69, 9.17) is 5.73 Å². The standard InChI is InChI=1S/C10H14BN/c11-9-3-1-8(2-4-9)10(7-12)5-6-10/h1-4H,5-7,11-12H2. The van der Waals surface area contributed by atoms with Crippen LogP contribution < -0.4 is 11.2 Å². The number of hydrogen-bond acceptors (Lipinski definition) is 1. The van der Waals surface area contributed by atoms with Crippen molar-refractivity contribution in [3.8, 4) is 0 Å². The predicted molar refractivity (Wildman–Crippen MR) is 54.6 cm³/mol. The molecule has 0 aromatic heterocycles. The Morgan fingerprint density at radius 3 is 2.25 bits per heavy atom. The third kappa shape index (κ3) is 1.16. The van der Waals surface area contributed by atoms with E-state index >= 15 is 0 Å². The highest BCUT2D eigenvalue weighted by Crippen LogP contribution is 2.46. The van der Waals surface area contributed by atoms with Gasteiger partial charge >= 0.3 is 0 Å². The molecule has 1 saturated carbocycles. The molecule has 1 aromatic carbocycles. The molecule has 12 heavy (non-hydrogen) atoms. The zero-order chi connectivity index (χ0) is 8.60. The zero-order valence-corrected chi connectivity index (χ0v) is 7.51. The molecule has 0 heterocycles. The molecule has 1 aliphatic carbocycles. The normalized spacial score (nSPS) is 19.1. The van der Waals surface area contributed by atoms with Crippen molar-refractivity contribution in [1.82, 2.24) is 0 Å². The number of rotatable bonds is 2. The molecule has 0 radical (unpaired) electrons. The summed E-state index contributed by atoms with van der Waals surface area (Å²) in [4.78, 5) is 0. The Balaban J connectivity index is 2.29. The molecule has 1 nitrogen and oxygen atoms in total. The second-order valence-corrected chi connectivity index (χ2v) is 3.85. The van der Waals surface area contributed by atoms with Crippen LogP contribution in [0.4, 0.5) is 0 Å². The van der Waals surface area contributed by atoms with Crippen LogP contribution in [0.15, 0.2) is 24.3 Å². The number of benzene rings is 1. The van der Waals surface area contributed by atoms with E-state index in [1.54, 1.807) is 0 Å². The molecule has 0 spiro atoms. The summed E-state index contributed by atoms with van der Waals surface area (Å²) in [6.45, 7) is 0.802. The molecule has 2 N–H and O–H groups in total. The van der Waals surface area contributed by atoms with E-state index in [0.717, 1.165) is 6.54 Å². The first-order valence-corrected chi connectivity index (χ1v) is 4.54. The maximum absolute atomic E-state index is 5.74. The number of hydrogen-bond donors (Lipinski definition) is 1. The van der Waals surface area contributed by atoms with E-state index in [-0.39, 0.29) is 0 Å². The molecule has 0 amide bonds. The van der Waals surface area contributed by atoms with Gasteiger partial charge in [-0.05, 0) is 18.4 Å². The Morgan fingerprint density at radius 2 is 1.83 bits per heavy atom. The molecule has 2 rings (SSSR count). The minimum absolute atomic E-state index is 0.355. The highest BCUT2D eigenvalue weighted by Gasteiger charge is 2.42. The van der Waals surface area contributed by atoms with Crippen LogP contribution in [0, 0.1) is 0 Å². The lowest BCUT2D eigenvalue weighted by molar-refractivity contribution is 0.705. The quantitative estimate of drug-likeness (QED) is 0.601. The molecule has 0 aliphatic heterocycles. The Bertz CT molecular complexity index is 274. The third-order valence-corrected chi connectivity index (χ3v) is 2.91. The Labute approximate surface area is 74.4 Å². The lowest BCUT2D eigenvalue weighted by atomic mass is 9.90. The molecule has 1 aliphatic rings. The van der Waals surface area contributed by atoms with Crippen LogP contribution in [0.1, 0.15) is 18.4 Å². The van der Waals surface area contributed by atoms with Gasteiger partial charge in [0.25, 0.3) is 0 Å². The van der Waals surface area contributed by atoms with Crippen molar-refractivity contribution in [2.45, 2.75) is 18.3 Å². The van der Waals surface area contributed by atoms with E-state index in [2.05, 4.69) is 32.1 Å². The van der Waals surface area contributed by atoms with Gasteiger partial charge < -0.3 is 5.73 Å². The Morgan fingerprint density at radius 1 is 1.25 bits per heavy atom. The van der Waals surface area contributed by atoms with E-state index in [1.807, 2.05) is 0 Å². The average molecular weight is 159 g/mol. The summed E-state index contributed by atoms with van der Waals surface area (Å²) in [5.74, 6) is 0. The van der Waals surface area contributed by atoms with Crippen molar-refractivity contribution >= 4 is 13.3 Å². The topological polar surface area (TPSA) is 26.0 Å². The predicted octanol–water partition coefficient (Wildman–Crippen LogP) is -0.0647. The van der Waals surface area contributed by atoms with Gasteiger partial charge in [-0.1, -0.05) is 29.7 Å². The van der Waals surface area contributed by atoms with Crippen molar-refractivity contribution in [2.75, 3.05) is 6.54 Å². The van der Waals surface area contributed by atoms with Gasteiger partial charge in [-0.2, -0.15) is 0 Å². The molecule has 0 saturated heterocycles. The first-order chi connectivity index (χ1) is 5.77. The van der Waals surface area contributed by atoms with E-state index in [9.17, 15) is 0 Å². The van der Waals surface area contributed by atoms with E-state index in [1.165, 1.54) is 23.9 Å². The van der Waals surface area contributed by atoms with Gasteiger partial charge in [-0.3, -0.25) is 0 Å². The molecular weight excluding hydrogens is 145 g/mol. The fourth-order valence-corrected chi connectivity index (χ4v) is 1.67. The second-order valence-electron chi connectivity index (χ2n) is 3.85. The summed E-state index contributed by atoms with van der Waals surface area (Å²) in [6.07, 6.45) is 2.54. The molecule has 1 aromatic rings. The van der Waals surface area contributed by atoms with Gasteiger partial charge in [0.2, 0.25) is 0 Å². The summed E-state index contributed by atoms with van der Waals surface area (Å²) in [5, 5.41) is 0. The number of nitrogens with two attached hydrogens (primary N) is 1. The van der Waals surface area contributed by atoms with Crippen molar-refractivity contribution < 1.29 is 0 Å². The summed E-state index contributed by atoms with van der Waals surface area (Å²) >= 11 is 0. The van der Waals surface area contributed by atoms with Crippen LogP contribution in [0.3, 0.4) is 0 Å². The largest absolute Gasteiger partial charge is 0.330 e. The first-order valence-electron chi connectivity index (χ1n) is 4.54. The first kappa shape index (κ1) is 7.87. The summed E-state index contributed by atoms with van der Waals surface area (Å²) in [7, 11) is 2.12. The van der Waals surface area contributed by atoms with E-state index < -0.39 is 0 Å². The van der Waals surface area contributed by atoms with Crippen LogP contribution in [0.25, 0.3) is 0 Å². The average Bonchev–Trinajstić information content (AvgIpc) is 2.86. The van der Waals surface area contributed by atoms with Gasteiger partial charge in [0.1, 0.15) is 7.85 Å². The van der Waals surface area contributed by atoms with Gasteiger partial charge in [-0.15, -0.1) is 0 Å². The third-order valence-electron chi connectivity index (χ3n) is 2.91. The van der Waals surface area contributed by atoms with Gasteiger partial charge in [-0.25, -0.2) is 0 Å². The van der Waals surface area contributed by atoms with Crippen molar-refractivity contribution in [3.05, 3.63) is 29.8 Å². The molecule has 1 fully saturated rings. The highest BCUT2D eigenvalue weighted by atomic mass is 14.7. The van der Waals surface area contributed by atoms with Crippen LogP contribution in [-0.2, 0) is 5.41 Å². The lowest BCUT2D eigenvalue weighted by Crippen LogP contribution is -2.20. The monoisotopic (exact) mass is 159 g/mol. The zero-order valence-electron chi connectivity index (χ0n) is 7.51. The smallest absolute Gasteiger partial charge is 0.139 e. The fraction of sp³-hybridized carbons (Fsp3) is 0.400. The van der Waals surface area contributed by atoms with Gasteiger partial charge in [0.15, 0.2) is 0 Å². The Kier molecular flexibility index (Phi) is 1.73. The fourth-order valence-electron chi connectivity index (χ4n) is 1.67. The van der Waals surface area contributed by atoms with Crippen LogP contribution in [-0.4, -0.2) is 14.4 Å². The lowest BCUT2D eigenvalue weighted by Gasteiger charge is -2.12. The molecule has 0 atom stereocenters. The minimum atomic E-state index is 0.355. The molecule has 0 unspecified atom stereocenters. The maximum Gasteiger partial charge on any atom is 0.139 e. The second kappa shape index (κ2) is 2.63. The van der Waals surface area contributed by atoms with E-state index in [0.29, 0.717) is 5.41 Å². The molecule has 0 bridgehead atoms. The van der Waals surface area contributed by atoms with Crippen molar-refractivity contribution in [2.24, 2.45) is 5.73 Å². The Hall–Kier alpha value is -0.755. The van der Waals surface area contributed by atoms with Gasteiger partial charge in [0.05, 0.1) is 0 Å². The van der Waals surface area contributed by atoms with Gasteiger partial charge in [0, 0.05) is 12.0 Å². The summed E-state index contributed by atoms with van der Waals surface area (Å²) < 4.78 is 0. The molecule has 62 valence electrons. The van der Waals surface area contributed by atoms with Crippen molar-refractivity contribution in [1.29, 1.82) is 0 Å². The van der Waals surface area contributed by atoms with Crippen molar-refractivity contribution in [3.63, 3.8) is 0 Å². The van der Waals surface area contributed by atoms with Crippen LogP contribution in [0.5, 0.6) is 0 Å². The highest BCUT2D eigenvalue weighted by molar-refractivity contribution is 6.32.